The number of carbonyl (C=O) groups is 1. The minimum atomic E-state index is -0.453. The van der Waals surface area contributed by atoms with Crippen molar-refractivity contribution in [3.8, 4) is 0 Å². The second kappa shape index (κ2) is 4.14. The highest BCUT2D eigenvalue weighted by molar-refractivity contribution is 5.68. The fourth-order valence-corrected chi connectivity index (χ4v) is 2.47. The van der Waals surface area contributed by atoms with Crippen molar-refractivity contribution in [2.45, 2.75) is 50.9 Å². The summed E-state index contributed by atoms with van der Waals surface area (Å²) in [6.07, 6.45) is 1.42. The van der Waals surface area contributed by atoms with Crippen LogP contribution in [0, 0.1) is 0 Å². The summed E-state index contributed by atoms with van der Waals surface area (Å²) in [6.45, 7) is 7.53. The van der Waals surface area contributed by atoms with E-state index in [4.69, 9.17) is 15.2 Å². The molecule has 0 aliphatic carbocycles. The molecule has 5 heteroatoms. The summed E-state index contributed by atoms with van der Waals surface area (Å²) in [5, 5.41) is 0. The third kappa shape index (κ3) is 2.55. The SMILES string of the molecule is CC(C)(C)OC(=O)N1CC[C@]2(C1)OCC[C@H]2N. The molecule has 2 atom stereocenters. The maximum absolute atomic E-state index is 11.9. The summed E-state index contributed by atoms with van der Waals surface area (Å²) in [6, 6.07) is 0.0370. The smallest absolute Gasteiger partial charge is 0.410 e. The Morgan fingerprint density at radius 3 is 2.76 bits per heavy atom. The highest BCUT2D eigenvalue weighted by Crippen LogP contribution is 2.34. The van der Waals surface area contributed by atoms with Crippen LogP contribution in [-0.2, 0) is 9.47 Å². The predicted molar refractivity (Wildman–Crippen MR) is 63.7 cm³/mol. The summed E-state index contributed by atoms with van der Waals surface area (Å²) < 4.78 is 11.1. The van der Waals surface area contributed by atoms with Crippen molar-refractivity contribution in [2.24, 2.45) is 5.73 Å². The third-order valence-electron chi connectivity index (χ3n) is 3.41. The van der Waals surface area contributed by atoms with Gasteiger partial charge in [-0.2, -0.15) is 0 Å². The Labute approximate surface area is 102 Å². The van der Waals surface area contributed by atoms with Crippen LogP contribution in [-0.4, -0.2) is 47.9 Å². The summed E-state index contributed by atoms with van der Waals surface area (Å²) >= 11 is 0. The minimum absolute atomic E-state index is 0.0370. The first kappa shape index (κ1) is 12.6. The van der Waals surface area contributed by atoms with E-state index in [0.29, 0.717) is 19.7 Å². The standard InChI is InChI=1S/C12H22N2O3/c1-11(2,3)17-10(15)14-6-5-12(8-14)9(13)4-7-16-12/h9H,4-8,13H2,1-3H3/t9-,12-/m1/s1. The fraction of sp³-hybridized carbons (Fsp3) is 0.917. The van der Waals surface area contributed by atoms with Gasteiger partial charge in [-0.15, -0.1) is 0 Å². The first-order valence-electron chi connectivity index (χ1n) is 6.20. The molecule has 17 heavy (non-hydrogen) atoms. The lowest BCUT2D eigenvalue weighted by Crippen LogP contribution is -2.48. The van der Waals surface area contributed by atoms with Crippen LogP contribution in [0.15, 0.2) is 0 Å². The van der Waals surface area contributed by atoms with Gasteiger partial charge in [0.1, 0.15) is 11.2 Å². The summed E-state index contributed by atoms with van der Waals surface area (Å²) in [7, 11) is 0. The lowest BCUT2D eigenvalue weighted by molar-refractivity contribution is -0.00494. The zero-order valence-corrected chi connectivity index (χ0v) is 10.9. The van der Waals surface area contributed by atoms with Crippen LogP contribution < -0.4 is 5.73 Å². The molecule has 0 aromatic heterocycles. The van der Waals surface area contributed by atoms with Crippen LogP contribution in [0.1, 0.15) is 33.6 Å². The number of rotatable bonds is 0. The van der Waals surface area contributed by atoms with Crippen molar-refractivity contribution in [3.05, 3.63) is 0 Å². The molecule has 0 unspecified atom stereocenters. The fourth-order valence-electron chi connectivity index (χ4n) is 2.47. The number of nitrogens with zero attached hydrogens (tertiary/aromatic N) is 1. The van der Waals surface area contributed by atoms with Crippen LogP contribution in [0.5, 0.6) is 0 Å². The molecule has 2 rings (SSSR count). The molecule has 0 aromatic carbocycles. The van der Waals surface area contributed by atoms with Crippen molar-refractivity contribution < 1.29 is 14.3 Å². The molecule has 0 bridgehead atoms. The molecule has 2 aliphatic heterocycles. The van der Waals surface area contributed by atoms with E-state index in [1.165, 1.54) is 0 Å². The van der Waals surface area contributed by atoms with Crippen LogP contribution in [0.4, 0.5) is 4.79 Å². The molecule has 1 spiro atoms. The number of carbonyl (C=O) groups excluding carboxylic acids is 1. The normalized spacial score (nSPS) is 33.4. The number of ether oxygens (including phenoxy) is 2. The quantitative estimate of drug-likeness (QED) is 0.691. The van der Waals surface area contributed by atoms with Crippen molar-refractivity contribution in [3.63, 3.8) is 0 Å². The van der Waals surface area contributed by atoms with Gasteiger partial charge in [-0.3, -0.25) is 0 Å². The molecule has 98 valence electrons. The summed E-state index contributed by atoms with van der Waals surface area (Å²) in [5.74, 6) is 0. The second-order valence-corrected chi connectivity index (χ2v) is 5.96. The van der Waals surface area contributed by atoms with E-state index in [9.17, 15) is 4.79 Å². The van der Waals surface area contributed by atoms with E-state index >= 15 is 0 Å². The van der Waals surface area contributed by atoms with E-state index in [2.05, 4.69) is 0 Å². The third-order valence-corrected chi connectivity index (χ3v) is 3.41. The molecular formula is C12H22N2O3. The first-order chi connectivity index (χ1) is 7.82. The van der Waals surface area contributed by atoms with E-state index in [1.807, 2.05) is 20.8 Å². The molecule has 0 radical (unpaired) electrons. The van der Waals surface area contributed by atoms with Crippen LogP contribution in [0.3, 0.4) is 0 Å². The average molecular weight is 242 g/mol. The van der Waals surface area contributed by atoms with Crippen molar-refractivity contribution >= 4 is 6.09 Å². The Morgan fingerprint density at radius 2 is 2.24 bits per heavy atom. The van der Waals surface area contributed by atoms with Gasteiger partial charge in [-0.05, 0) is 33.6 Å². The number of nitrogens with two attached hydrogens (primary N) is 1. The molecule has 2 N–H and O–H groups in total. The van der Waals surface area contributed by atoms with Gasteiger partial charge in [0, 0.05) is 19.2 Å². The van der Waals surface area contributed by atoms with Crippen LogP contribution in [0.2, 0.25) is 0 Å². The molecule has 1 amide bonds. The van der Waals surface area contributed by atoms with Gasteiger partial charge < -0.3 is 20.1 Å². The lowest BCUT2D eigenvalue weighted by Gasteiger charge is -2.28. The van der Waals surface area contributed by atoms with E-state index < -0.39 is 5.60 Å². The van der Waals surface area contributed by atoms with Crippen LogP contribution >= 0.6 is 0 Å². The summed E-state index contributed by atoms with van der Waals surface area (Å²) in [4.78, 5) is 13.6. The number of amides is 1. The molecule has 5 nitrogen and oxygen atoms in total. The Hall–Kier alpha value is -0.810. The van der Waals surface area contributed by atoms with Crippen molar-refractivity contribution in [1.82, 2.24) is 4.90 Å². The monoisotopic (exact) mass is 242 g/mol. The topological polar surface area (TPSA) is 64.8 Å². The van der Waals surface area contributed by atoms with Gasteiger partial charge in [-0.25, -0.2) is 4.79 Å². The largest absolute Gasteiger partial charge is 0.444 e. The maximum Gasteiger partial charge on any atom is 0.410 e. The number of likely N-dealkylation sites (tertiary alicyclic amines) is 1. The highest BCUT2D eigenvalue weighted by atomic mass is 16.6. The lowest BCUT2D eigenvalue weighted by atomic mass is 9.94. The van der Waals surface area contributed by atoms with Gasteiger partial charge in [0.05, 0.1) is 6.54 Å². The molecule has 2 saturated heterocycles. The van der Waals surface area contributed by atoms with Gasteiger partial charge in [0.15, 0.2) is 0 Å². The molecule has 2 fully saturated rings. The van der Waals surface area contributed by atoms with E-state index in [-0.39, 0.29) is 17.7 Å². The average Bonchev–Trinajstić information content (AvgIpc) is 2.74. The first-order valence-corrected chi connectivity index (χ1v) is 6.20. The number of hydrogen-bond donors (Lipinski definition) is 1. The zero-order chi connectivity index (χ0) is 12.7. The Morgan fingerprint density at radius 1 is 1.53 bits per heavy atom. The van der Waals surface area contributed by atoms with Crippen molar-refractivity contribution in [1.29, 1.82) is 0 Å². The highest BCUT2D eigenvalue weighted by Gasteiger charge is 2.49. The van der Waals surface area contributed by atoms with Gasteiger partial charge in [-0.1, -0.05) is 0 Å². The molecule has 0 saturated carbocycles. The predicted octanol–water partition coefficient (Wildman–Crippen LogP) is 1.11. The molecule has 2 aliphatic rings. The second-order valence-electron chi connectivity index (χ2n) is 5.96. The van der Waals surface area contributed by atoms with E-state index in [1.54, 1.807) is 4.90 Å². The molecular weight excluding hydrogens is 220 g/mol. The van der Waals surface area contributed by atoms with Gasteiger partial charge >= 0.3 is 6.09 Å². The zero-order valence-electron chi connectivity index (χ0n) is 10.9. The summed E-state index contributed by atoms with van der Waals surface area (Å²) in [5.41, 5.74) is 5.29. The Kier molecular flexibility index (Phi) is 3.08. The van der Waals surface area contributed by atoms with Gasteiger partial charge in [0.2, 0.25) is 0 Å². The maximum atomic E-state index is 11.9. The number of hydrogen-bond acceptors (Lipinski definition) is 4. The Bertz CT molecular complexity index is 313. The molecule has 2 heterocycles. The Balaban J connectivity index is 1.96. The van der Waals surface area contributed by atoms with Crippen LogP contribution in [0.25, 0.3) is 0 Å². The minimum Gasteiger partial charge on any atom is -0.444 e. The van der Waals surface area contributed by atoms with Crippen molar-refractivity contribution in [2.75, 3.05) is 19.7 Å². The van der Waals surface area contributed by atoms with E-state index in [0.717, 1.165) is 12.8 Å². The van der Waals surface area contributed by atoms with Gasteiger partial charge in [0.25, 0.3) is 0 Å². The molecule has 0 aromatic rings.